The first kappa shape index (κ1) is 46.5. The Balaban J connectivity index is 1.17. The Bertz CT molecular complexity index is 1140. The van der Waals surface area contributed by atoms with Crippen LogP contribution in [0.1, 0.15) is 41.4 Å². The van der Waals surface area contributed by atoms with Gasteiger partial charge in [-0.1, -0.05) is 24.3 Å². The standard InChI is InChI=1S/C38H56N2O14/c41-31-33-1-5-35(6-2-33)37(43)39-9-11-45-13-15-47-17-19-49-21-23-51-25-27-53-29-30-54-28-26-52-24-22-50-20-18-48-16-14-46-12-10-40-38(44)36-7-3-34(32-42)4-8-36/h1-8,31-32H,9-30H2,(H,39,43)(H,40,44). The van der Waals surface area contributed by atoms with Crippen LogP contribution < -0.4 is 10.6 Å². The van der Waals surface area contributed by atoms with Crippen molar-refractivity contribution < 1.29 is 66.5 Å². The highest BCUT2D eigenvalue weighted by atomic mass is 16.6. The van der Waals surface area contributed by atoms with E-state index >= 15 is 0 Å². The van der Waals surface area contributed by atoms with Crippen molar-refractivity contribution in [3.8, 4) is 0 Å². The molecule has 0 saturated heterocycles. The zero-order valence-corrected chi connectivity index (χ0v) is 31.0. The van der Waals surface area contributed by atoms with Gasteiger partial charge in [-0.15, -0.1) is 0 Å². The lowest BCUT2D eigenvalue weighted by Crippen LogP contribution is -2.27. The maximum absolute atomic E-state index is 12.0. The second kappa shape index (κ2) is 33.9. The highest BCUT2D eigenvalue weighted by Crippen LogP contribution is 2.03. The molecule has 0 fully saturated rings. The first-order valence-corrected chi connectivity index (χ1v) is 18.1. The van der Waals surface area contributed by atoms with E-state index in [4.69, 9.17) is 47.4 Å². The van der Waals surface area contributed by atoms with Crippen LogP contribution in [0, 0.1) is 0 Å². The molecule has 0 aliphatic carbocycles. The lowest BCUT2D eigenvalue weighted by atomic mass is 10.1. The average molecular weight is 765 g/mol. The summed E-state index contributed by atoms with van der Waals surface area (Å²) in [5, 5.41) is 5.51. The minimum Gasteiger partial charge on any atom is -0.377 e. The lowest BCUT2D eigenvalue weighted by molar-refractivity contribution is -0.0263. The molecule has 16 nitrogen and oxygen atoms in total. The van der Waals surface area contributed by atoms with Crippen molar-refractivity contribution in [2.45, 2.75) is 0 Å². The molecule has 0 heterocycles. The smallest absolute Gasteiger partial charge is 0.251 e. The van der Waals surface area contributed by atoms with Gasteiger partial charge in [-0.2, -0.15) is 0 Å². The molecule has 16 heteroatoms. The average Bonchev–Trinajstić information content (AvgIpc) is 3.20. The van der Waals surface area contributed by atoms with Gasteiger partial charge in [0, 0.05) is 35.3 Å². The molecule has 2 amide bonds. The number of carbonyl (C=O) groups is 4. The maximum atomic E-state index is 12.0. The Kier molecular flexibility index (Phi) is 29.1. The summed E-state index contributed by atoms with van der Waals surface area (Å²) in [5.74, 6) is -0.435. The van der Waals surface area contributed by atoms with E-state index in [-0.39, 0.29) is 11.8 Å². The third-order valence-electron chi connectivity index (χ3n) is 7.03. The lowest BCUT2D eigenvalue weighted by Gasteiger charge is -2.09. The Morgan fingerprint density at radius 1 is 0.352 bits per heavy atom. The van der Waals surface area contributed by atoms with E-state index in [0.29, 0.717) is 167 Å². The molecule has 2 aromatic rings. The van der Waals surface area contributed by atoms with Gasteiger partial charge in [-0.25, -0.2) is 0 Å². The molecule has 2 aromatic carbocycles. The van der Waals surface area contributed by atoms with Crippen LogP contribution in [0.4, 0.5) is 0 Å². The van der Waals surface area contributed by atoms with E-state index in [0.717, 1.165) is 12.6 Å². The molecule has 0 spiro atoms. The highest BCUT2D eigenvalue weighted by molar-refractivity contribution is 5.95. The third kappa shape index (κ3) is 25.4. The first-order chi connectivity index (χ1) is 26.6. The van der Waals surface area contributed by atoms with Crippen molar-refractivity contribution in [1.82, 2.24) is 10.6 Å². The van der Waals surface area contributed by atoms with Crippen LogP contribution >= 0.6 is 0 Å². The fourth-order valence-corrected chi connectivity index (χ4v) is 4.18. The molecular formula is C38H56N2O14. The Hall–Kier alpha value is -3.68. The van der Waals surface area contributed by atoms with E-state index in [2.05, 4.69) is 10.6 Å². The van der Waals surface area contributed by atoms with Crippen molar-refractivity contribution in [3.63, 3.8) is 0 Å². The van der Waals surface area contributed by atoms with Crippen LogP contribution in [0.2, 0.25) is 0 Å². The molecule has 2 N–H and O–H groups in total. The molecular weight excluding hydrogens is 708 g/mol. The van der Waals surface area contributed by atoms with Gasteiger partial charge in [0.15, 0.2) is 0 Å². The van der Waals surface area contributed by atoms with Gasteiger partial charge in [0.2, 0.25) is 0 Å². The van der Waals surface area contributed by atoms with E-state index in [1.165, 1.54) is 0 Å². The molecule has 0 aromatic heterocycles. The molecule has 0 atom stereocenters. The second-order valence-corrected chi connectivity index (χ2v) is 11.1. The quantitative estimate of drug-likeness (QED) is 0.0748. The van der Waals surface area contributed by atoms with E-state index in [1.54, 1.807) is 48.5 Å². The number of rotatable bonds is 37. The molecule has 54 heavy (non-hydrogen) atoms. The summed E-state index contributed by atoms with van der Waals surface area (Å²) in [6.07, 6.45) is 1.46. The topological polar surface area (TPSA) is 185 Å². The molecule has 0 saturated carbocycles. The number of hydrogen-bond acceptors (Lipinski definition) is 14. The summed E-state index contributed by atoms with van der Waals surface area (Å²) in [7, 11) is 0. The van der Waals surface area contributed by atoms with Gasteiger partial charge < -0.3 is 58.0 Å². The summed E-state index contributed by atoms with van der Waals surface area (Å²) in [6.45, 7) is 9.63. The predicted molar refractivity (Wildman–Crippen MR) is 197 cm³/mol. The van der Waals surface area contributed by atoms with E-state index < -0.39 is 0 Å². The minimum atomic E-state index is -0.218. The predicted octanol–water partition coefficient (Wildman–Crippen LogP) is 1.64. The zero-order valence-electron chi connectivity index (χ0n) is 31.0. The summed E-state index contributed by atoms with van der Waals surface area (Å²) in [5.41, 5.74) is 2.02. The number of hydrogen-bond donors (Lipinski definition) is 2. The van der Waals surface area contributed by atoms with Crippen LogP contribution in [0.5, 0.6) is 0 Å². The first-order valence-electron chi connectivity index (χ1n) is 18.1. The number of benzene rings is 2. The largest absolute Gasteiger partial charge is 0.377 e. The van der Waals surface area contributed by atoms with Gasteiger partial charge >= 0.3 is 0 Å². The Morgan fingerprint density at radius 2 is 0.556 bits per heavy atom. The molecule has 0 aliphatic heterocycles. The number of nitrogens with one attached hydrogen (secondary N) is 2. The number of amides is 2. The van der Waals surface area contributed by atoms with Crippen molar-refractivity contribution >= 4 is 24.4 Å². The molecule has 0 aliphatic rings. The minimum absolute atomic E-state index is 0.218. The van der Waals surface area contributed by atoms with Crippen LogP contribution in [0.25, 0.3) is 0 Å². The number of ether oxygens (including phenoxy) is 10. The van der Waals surface area contributed by atoms with Crippen LogP contribution in [-0.4, -0.2) is 170 Å². The summed E-state index contributed by atoms with van der Waals surface area (Å²) < 4.78 is 54.6. The summed E-state index contributed by atoms with van der Waals surface area (Å²) >= 11 is 0. The fourth-order valence-electron chi connectivity index (χ4n) is 4.18. The molecule has 0 bridgehead atoms. The number of aldehydes is 2. The van der Waals surface area contributed by atoms with Crippen LogP contribution in [0.3, 0.4) is 0 Å². The third-order valence-corrected chi connectivity index (χ3v) is 7.03. The van der Waals surface area contributed by atoms with Crippen LogP contribution in [-0.2, 0) is 47.4 Å². The van der Waals surface area contributed by atoms with E-state index in [9.17, 15) is 19.2 Å². The zero-order chi connectivity index (χ0) is 38.6. The summed E-state index contributed by atoms with van der Waals surface area (Å²) in [4.78, 5) is 45.4. The van der Waals surface area contributed by atoms with Gasteiger partial charge in [-0.3, -0.25) is 19.2 Å². The summed E-state index contributed by atoms with van der Waals surface area (Å²) in [6, 6.07) is 12.8. The van der Waals surface area contributed by atoms with Gasteiger partial charge in [-0.05, 0) is 24.3 Å². The maximum Gasteiger partial charge on any atom is 0.251 e. The van der Waals surface area contributed by atoms with Crippen LogP contribution in [0.15, 0.2) is 48.5 Å². The van der Waals surface area contributed by atoms with Gasteiger partial charge in [0.25, 0.3) is 11.8 Å². The fraction of sp³-hybridized carbons (Fsp3) is 0.579. The normalized spacial score (nSPS) is 11.0. The number of carbonyl (C=O) groups excluding carboxylic acids is 4. The molecule has 2 rings (SSSR count). The SMILES string of the molecule is O=Cc1ccc(C(=O)NCCOCCOCCOCCOCCOCCOCCOCCOCCOCCOCCNC(=O)c2ccc(C=O)cc2)cc1. The second-order valence-electron chi connectivity index (χ2n) is 11.1. The van der Waals surface area contributed by atoms with Crippen molar-refractivity contribution in [3.05, 3.63) is 70.8 Å². The molecule has 0 unspecified atom stereocenters. The van der Waals surface area contributed by atoms with Crippen molar-refractivity contribution in [1.29, 1.82) is 0 Å². The monoisotopic (exact) mass is 764 g/mol. The van der Waals surface area contributed by atoms with Crippen molar-refractivity contribution in [2.24, 2.45) is 0 Å². The Morgan fingerprint density at radius 3 is 0.759 bits per heavy atom. The van der Waals surface area contributed by atoms with Gasteiger partial charge in [0.1, 0.15) is 12.6 Å². The Labute approximate surface area is 317 Å². The highest BCUT2D eigenvalue weighted by Gasteiger charge is 2.06. The molecule has 0 radical (unpaired) electrons. The van der Waals surface area contributed by atoms with Crippen molar-refractivity contribution in [2.75, 3.05) is 145 Å². The van der Waals surface area contributed by atoms with Gasteiger partial charge in [0.05, 0.1) is 132 Å². The molecule has 302 valence electrons. The van der Waals surface area contributed by atoms with E-state index in [1.807, 2.05) is 0 Å².